The molecule has 5 rings (SSSR count). The van der Waals surface area contributed by atoms with Crippen LogP contribution in [0.5, 0.6) is 0 Å². The standard InChI is InChI=1S/C24H27NO3S/c1-22-12-11-20(26)23(29,14-19-21(27)16-7-3-5-9-18(16)28-19)24(22,25)13-10-15-6-2-4-8-17(15)22/h4,7-9,14,29H,2-3,5-6,10-13,25H2,1H3/b19-14-/t22?,23-,24+/m1/s1. The summed E-state index contributed by atoms with van der Waals surface area (Å²) in [5.41, 5.74) is 9.23. The molecule has 1 saturated heterocycles. The highest BCUT2D eigenvalue weighted by molar-refractivity contribution is 7.83. The molecular formula is C24H27NO3S. The minimum Gasteiger partial charge on any atom is -0.453 e. The van der Waals surface area contributed by atoms with Crippen LogP contribution in [0, 0.1) is 5.41 Å². The molecule has 5 aliphatic rings. The molecule has 29 heavy (non-hydrogen) atoms. The molecule has 0 aromatic rings. The Hall–Kier alpha value is -1.85. The Kier molecular flexibility index (Phi) is 4.17. The summed E-state index contributed by atoms with van der Waals surface area (Å²) >= 11 is 4.94. The highest BCUT2D eigenvalue weighted by Gasteiger charge is 2.65. The summed E-state index contributed by atoms with van der Waals surface area (Å²) in [6.45, 7) is 2.18. The van der Waals surface area contributed by atoms with Gasteiger partial charge in [0, 0.05) is 11.8 Å². The monoisotopic (exact) mass is 409 g/mol. The van der Waals surface area contributed by atoms with Crippen LogP contribution < -0.4 is 5.73 Å². The molecule has 4 nitrogen and oxygen atoms in total. The van der Waals surface area contributed by atoms with Crippen molar-refractivity contribution in [2.45, 2.75) is 68.6 Å². The number of hydrogen-bond acceptors (Lipinski definition) is 5. The van der Waals surface area contributed by atoms with Crippen molar-refractivity contribution in [3.63, 3.8) is 0 Å². The van der Waals surface area contributed by atoms with Gasteiger partial charge < -0.3 is 10.5 Å². The zero-order valence-electron chi connectivity index (χ0n) is 16.8. The first kappa shape index (κ1) is 19.1. The van der Waals surface area contributed by atoms with E-state index >= 15 is 0 Å². The SMILES string of the molecule is CC12CCC(=O)[C@](S)(/C=C3\OC4=CCCC=C4C3=O)[C@]1(N)CCC1=C2C=CCC1. The fourth-order valence-electron chi connectivity index (χ4n) is 5.93. The van der Waals surface area contributed by atoms with Crippen molar-refractivity contribution in [2.24, 2.45) is 11.1 Å². The van der Waals surface area contributed by atoms with Crippen molar-refractivity contribution in [1.82, 2.24) is 0 Å². The highest BCUT2D eigenvalue weighted by atomic mass is 32.1. The Morgan fingerprint density at radius 3 is 2.69 bits per heavy atom. The minimum atomic E-state index is -1.25. The summed E-state index contributed by atoms with van der Waals surface area (Å²) in [6.07, 6.45) is 16.4. The van der Waals surface area contributed by atoms with E-state index in [1.165, 1.54) is 11.1 Å². The second kappa shape index (κ2) is 6.32. The van der Waals surface area contributed by atoms with E-state index in [2.05, 4.69) is 19.1 Å². The summed E-state index contributed by atoms with van der Waals surface area (Å²) in [5.74, 6) is 0.610. The van der Waals surface area contributed by atoms with E-state index in [4.69, 9.17) is 23.1 Å². The summed E-state index contributed by atoms with van der Waals surface area (Å²) in [7, 11) is 0. The van der Waals surface area contributed by atoms with E-state index < -0.39 is 10.3 Å². The molecule has 0 bridgehead atoms. The smallest absolute Gasteiger partial charge is 0.231 e. The zero-order chi connectivity index (χ0) is 20.4. The van der Waals surface area contributed by atoms with Crippen LogP contribution in [0.25, 0.3) is 0 Å². The number of hydrogen-bond donors (Lipinski definition) is 2. The molecule has 0 radical (unpaired) electrons. The van der Waals surface area contributed by atoms with Gasteiger partial charge in [-0.1, -0.05) is 30.7 Å². The highest BCUT2D eigenvalue weighted by Crippen LogP contribution is 2.60. The van der Waals surface area contributed by atoms with Crippen molar-refractivity contribution >= 4 is 24.2 Å². The number of fused-ring (bicyclic) bond motifs is 3. The Labute approximate surface area is 177 Å². The normalized spacial score (nSPS) is 40.2. The lowest BCUT2D eigenvalue weighted by Gasteiger charge is -2.60. The maximum absolute atomic E-state index is 13.3. The molecule has 3 atom stereocenters. The number of thiol groups is 1. The summed E-state index contributed by atoms with van der Waals surface area (Å²) in [4.78, 5) is 26.2. The molecule has 152 valence electrons. The largest absolute Gasteiger partial charge is 0.453 e. The van der Waals surface area contributed by atoms with Crippen LogP contribution in [-0.2, 0) is 14.3 Å². The van der Waals surface area contributed by atoms with Gasteiger partial charge in [0.1, 0.15) is 10.5 Å². The molecule has 1 unspecified atom stereocenters. The Morgan fingerprint density at radius 2 is 1.90 bits per heavy atom. The van der Waals surface area contributed by atoms with E-state index in [0.717, 1.165) is 32.1 Å². The Morgan fingerprint density at radius 1 is 1.10 bits per heavy atom. The molecule has 0 amide bonds. The molecule has 0 aromatic heterocycles. The first-order valence-electron chi connectivity index (χ1n) is 10.6. The predicted molar refractivity (Wildman–Crippen MR) is 115 cm³/mol. The van der Waals surface area contributed by atoms with Gasteiger partial charge in [0.05, 0.1) is 11.1 Å². The van der Waals surface area contributed by atoms with Crippen molar-refractivity contribution in [2.75, 3.05) is 0 Å². The average Bonchev–Trinajstić information content (AvgIpc) is 3.04. The molecule has 5 heteroatoms. The van der Waals surface area contributed by atoms with Gasteiger partial charge in [-0.2, -0.15) is 12.6 Å². The third kappa shape index (κ3) is 2.43. The van der Waals surface area contributed by atoms with Gasteiger partial charge in [0.15, 0.2) is 11.5 Å². The van der Waals surface area contributed by atoms with Gasteiger partial charge in [-0.3, -0.25) is 9.59 Å². The number of ether oxygens (including phenoxy) is 1. The maximum atomic E-state index is 13.3. The number of allylic oxidation sites excluding steroid dienone is 7. The predicted octanol–water partition coefficient (Wildman–Crippen LogP) is 4.25. The van der Waals surface area contributed by atoms with Crippen LogP contribution in [-0.4, -0.2) is 21.9 Å². The average molecular weight is 410 g/mol. The first-order valence-corrected chi connectivity index (χ1v) is 11.0. The number of carbonyl (C=O) groups excluding carboxylic acids is 2. The van der Waals surface area contributed by atoms with Crippen LogP contribution >= 0.6 is 12.6 Å². The van der Waals surface area contributed by atoms with E-state index in [0.29, 0.717) is 30.6 Å². The van der Waals surface area contributed by atoms with Crippen LogP contribution in [0.15, 0.2) is 58.6 Å². The van der Waals surface area contributed by atoms with E-state index in [1.54, 1.807) is 6.08 Å². The topological polar surface area (TPSA) is 69.4 Å². The van der Waals surface area contributed by atoms with Crippen molar-refractivity contribution in [3.05, 3.63) is 58.6 Å². The maximum Gasteiger partial charge on any atom is 0.231 e. The lowest BCUT2D eigenvalue weighted by Crippen LogP contribution is -2.72. The van der Waals surface area contributed by atoms with E-state index in [9.17, 15) is 9.59 Å². The van der Waals surface area contributed by atoms with Gasteiger partial charge in [-0.05, 0) is 62.7 Å². The third-order valence-electron chi connectivity index (χ3n) is 7.77. The number of carbonyl (C=O) groups is 2. The quantitative estimate of drug-likeness (QED) is 0.502. The summed E-state index contributed by atoms with van der Waals surface area (Å²) < 4.78 is 4.63. The number of ketones is 2. The molecular weight excluding hydrogens is 382 g/mol. The molecule has 1 heterocycles. The number of rotatable bonds is 1. The molecule has 0 aromatic carbocycles. The summed E-state index contributed by atoms with van der Waals surface area (Å²) in [6, 6.07) is 0. The molecule has 4 aliphatic carbocycles. The van der Waals surface area contributed by atoms with E-state index in [-0.39, 0.29) is 22.7 Å². The second-order valence-electron chi connectivity index (χ2n) is 9.15. The van der Waals surface area contributed by atoms with Gasteiger partial charge in [-0.25, -0.2) is 0 Å². The van der Waals surface area contributed by atoms with Crippen molar-refractivity contribution < 1.29 is 14.3 Å². The molecule has 1 aliphatic heterocycles. The zero-order valence-corrected chi connectivity index (χ0v) is 17.7. The van der Waals surface area contributed by atoms with Crippen molar-refractivity contribution in [1.29, 1.82) is 0 Å². The fraction of sp³-hybridized carbons (Fsp3) is 0.500. The van der Waals surface area contributed by atoms with Gasteiger partial charge in [-0.15, -0.1) is 0 Å². The Bertz CT molecular complexity index is 984. The molecule has 1 saturated carbocycles. The van der Waals surface area contributed by atoms with Crippen LogP contribution in [0.2, 0.25) is 0 Å². The lowest BCUT2D eigenvalue weighted by molar-refractivity contribution is -0.127. The molecule has 2 N–H and O–H groups in total. The fourth-order valence-corrected chi connectivity index (χ4v) is 6.51. The summed E-state index contributed by atoms with van der Waals surface area (Å²) in [5, 5.41) is 0. The van der Waals surface area contributed by atoms with Crippen LogP contribution in [0.3, 0.4) is 0 Å². The first-order chi connectivity index (χ1) is 13.8. The number of Topliss-reactive ketones (excluding diaryl/α,β-unsaturated/α-hetero) is 2. The molecule has 2 fully saturated rings. The van der Waals surface area contributed by atoms with Gasteiger partial charge >= 0.3 is 0 Å². The van der Waals surface area contributed by atoms with Gasteiger partial charge in [0.25, 0.3) is 0 Å². The van der Waals surface area contributed by atoms with Gasteiger partial charge in [0.2, 0.25) is 5.78 Å². The van der Waals surface area contributed by atoms with Crippen LogP contribution in [0.4, 0.5) is 0 Å². The van der Waals surface area contributed by atoms with Crippen molar-refractivity contribution in [3.8, 4) is 0 Å². The molecule has 0 spiro atoms. The number of nitrogens with two attached hydrogens (primary N) is 1. The lowest BCUT2D eigenvalue weighted by atomic mass is 9.49. The second-order valence-corrected chi connectivity index (χ2v) is 9.86. The Balaban J connectivity index is 1.63. The van der Waals surface area contributed by atoms with Crippen LogP contribution in [0.1, 0.15) is 58.3 Å². The van der Waals surface area contributed by atoms with E-state index in [1.807, 2.05) is 12.2 Å². The third-order valence-corrected chi connectivity index (χ3v) is 8.55. The minimum absolute atomic E-state index is 0.0219.